The highest BCUT2D eigenvalue weighted by Crippen LogP contribution is 2.29. The Kier molecular flexibility index (Phi) is 10.9. The maximum atomic E-state index is 12.5. The molecule has 2 rings (SSSR count). The molecule has 8 nitrogen and oxygen atoms in total. The number of oxime groups is 1. The highest BCUT2D eigenvalue weighted by Gasteiger charge is 2.13. The van der Waals surface area contributed by atoms with Gasteiger partial charge in [0.2, 0.25) is 5.78 Å². The van der Waals surface area contributed by atoms with Crippen molar-refractivity contribution in [3.63, 3.8) is 0 Å². The Balaban J connectivity index is 1.88. The van der Waals surface area contributed by atoms with Gasteiger partial charge in [-0.2, -0.15) is 0 Å². The molecule has 0 fully saturated rings. The van der Waals surface area contributed by atoms with Crippen molar-refractivity contribution in [1.82, 2.24) is 0 Å². The lowest BCUT2D eigenvalue weighted by molar-refractivity contribution is -0.150. The number of carbonyl (C=O) groups excluding carboxylic acids is 4. The number of hydrogen-bond acceptors (Lipinski definition) is 9. The van der Waals surface area contributed by atoms with E-state index in [0.29, 0.717) is 29.9 Å². The molecule has 0 spiro atoms. The van der Waals surface area contributed by atoms with Gasteiger partial charge in [-0.25, -0.2) is 9.59 Å². The summed E-state index contributed by atoms with van der Waals surface area (Å²) in [5.41, 5.74) is 0.713. The summed E-state index contributed by atoms with van der Waals surface area (Å²) in [7, 11) is 0. The third-order valence-corrected chi connectivity index (χ3v) is 5.36. The maximum absolute atomic E-state index is 12.5. The minimum absolute atomic E-state index is 0.00668. The zero-order valence-corrected chi connectivity index (χ0v) is 20.7. The van der Waals surface area contributed by atoms with Gasteiger partial charge in [0.05, 0.1) is 19.4 Å². The molecule has 0 aliphatic carbocycles. The van der Waals surface area contributed by atoms with Crippen molar-refractivity contribution in [2.45, 2.75) is 49.8 Å². The Labute approximate surface area is 208 Å². The number of rotatable bonds is 12. The van der Waals surface area contributed by atoms with E-state index in [1.807, 2.05) is 19.1 Å². The van der Waals surface area contributed by atoms with Gasteiger partial charge in [0.15, 0.2) is 0 Å². The van der Waals surface area contributed by atoms with E-state index in [-0.39, 0.29) is 24.3 Å². The van der Waals surface area contributed by atoms with E-state index in [2.05, 4.69) is 11.7 Å². The minimum Gasteiger partial charge on any atom is -0.466 e. The van der Waals surface area contributed by atoms with E-state index in [4.69, 9.17) is 14.3 Å². The van der Waals surface area contributed by atoms with E-state index >= 15 is 0 Å². The summed E-state index contributed by atoms with van der Waals surface area (Å²) < 4.78 is 10.0. The van der Waals surface area contributed by atoms with Crippen LogP contribution in [0.1, 0.15) is 50.4 Å². The van der Waals surface area contributed by atoms with E-state index in [1.165, 1.54) is 18.7 Å². The molecule has 0 radical (unpaired) electrons. The highest BCUT2D eigenvalue weighted by atomic mass is 32.2. The summed E-state index contributed by atoms with van der Waals surface area (Å²) in [6, 6.07) is 13.9. The fourth-order valence-electron chi connectivity index (χ4n) is 2.49. The molecule has 0 aliphatic rings. The molecule has 0 unspecified atom stereocenters. The lowest BCUT2D eigenvalue weighted by Gasteiger charge is -2.06. The Morgan fingerprint density at radius 2 is 1.46 bits per heavy atom. The largest absolute Gasteiger partial charge is 0.466 e. The first kappa shape index (κ1) is 27.5. The van der Waals surface area contributed by atoms with Gasteiger partial charge < -0.3 is 14.3 Å². The van der Waals surface area contributed by atoms with Crippen LogP contribution in [0.5, 0.6) is 5.75 Å². The molecule has 0 saturated heterocycles. The molecule has 0 saturated carbocycles. The second kappa shape index (κ2) is 13.9. The van der Waals surface area contributed by atoms with E-state index in [0.717, 1.165) is 9.79 Å². The van der Waals surface area contributed by atoms with Crippen molar-refractivity contribution >= 4 is 41.2 Å². The van der Waals surface area contributed by atoms with Crippen LogP contribution in [0.2, 0.25) is 0 Å². The maximum Gasteiger partial charge on any atom is 0.338 e. The van der Waals surface area contributed by atoms with Gasteiger partial charge >= 0.3 is 17.9 Å². The summed E-state index contributed by atoms with van der Waals surface area (Å²) in [6.45, 7) is 8.74. The molecule has 0 aromatic heterocycles. The normalized spacial score (nSPS) is 10.9. The van der Waals surface area contributed by atoms with Crippen molar-refractivity contribution in [2.75, 3.05) is 6.61 Å². The summed E-state index contributed by atoms with van der Waals surface area (Å²) >= 11 is 1.47. The van der Waals surface area contributed by atoms with Crippen LogP contribution in [-0.4, -0.2) is 36.0 Å². The molecule has 9 heteroatoms. The molecule has 184 valence electrons. The second-order valence-corrected chi connectivity index (χ2v) is 8.60. The van der Waals surface area contributed by atoms with Gasteiger partial charge in [-0.15, -0.1) is 0 Å². The molecule has 2 aromatic carbocycles. The number of carbonyl (C=O) groups is 4. The first-order chi connectivity index (χ1) is 16.7. The van der Waals surface area contributed by atoms with Gasteiger partial charge in [-0.1, -0.05) is 30.4 Å². The van der Waals surface area contributed by atoms with Gasteiger partial charge in [0.25, 0.3) is 0 Å². The molecule has 0 N–H and O–H groups in total. The lowest BCUT2D eigenvalue weighted by atomic mass is 10.1. The van der Waals surface area contributed by atoms with Crippen LogP contribution in [0.3, 0.4) is 0 Å². The number of ether oxygens (including phenoxy) is 2. The van der Waals surface area contributed by atoms with Crippen molar-refractivity contribution < 1.29 is 33.5 Å². The van der Waals surface area contributed by atoms with Crippen LogP contribution in [0.25, 0.3) is 0 Å². The third-order valence-electron chi connectivity index (χ3n) is 4.35. The lowest BCUT2D eigenvalue weighted by Crippen LogP contribution is -2.13. The fourth-order valence-corrected chi connectivity index (χ4v) is 3.30. The zero-order valence-electron chi connectivity index (χ0n) is 19.9. The van der Waals surface area contributed by atoms with Gasteiger partial charge in [0, 0.05) is 20.9 Å². The Bertz CT molecular complexity index is 1110. The van der Waals surface area contributed by atoms with Crippen LogP contribution in [0.4, 0.5) is 0 Å². The van der Waals surface area contributed by atoms with Gasteiger partial charge in [-0.05, 0) is 68.8 Å². The molecular formula is C26H27NO7S. The predicted molar refractivity (Wildman–Crippen MR) is 131 cm³/mol. The average molecular weight is 498 g/mol. The van der Waals surface area contributed by atoms with Crippen LogP contribution < -0.4 is 4.74 Å². The smallest absolute Gasteiger partial charge is 0.338 e. The van der Waals surface area contributed by atoms with Gasteiger partial charge in [0.1, 0.15) is 11.5 Å². The summed E-state index contributed by atoms with van der Waals surface area (Å²) in [4.78, 5) is 53.8. The summed E-state index contributed by atoms with van der Waals surface area (Å²) in [5, 5.41) is 3.59. The molecule has 0 aliphatic heterocycles. The standard InChI is InChI=1S/C26H27NO7S/c1-5-16-32-23(28)14-15-24(29)34-27-18(4)25(30)19-6-10-21(11-7-19)35-22-12-8-20(9-13-22)33-26(31)17(2)3/h6-13H,2,5,14-16H2,1,3-4H3/b27-18+. The van der Waals surface area contributed by atoms with Gasteiger partial charge in [-0.3, -0.25) is 9.59 Å². The molecular weight excluding hydrogens is 470 g/mol. The first-order valence-corrected chi connectivity index (χ1v) is 11.7. The van der Waals surface area contributed by atoms with Crippen LogP contribution >= 0.6 is 11.8 Å². The van der Waals surface area contributed by atoms with Crippen LogP contribution in [-0.2, 0) is 24.0 Å². The number of ketones is 1. The quantitative estimate of drug-likeness (QED) is 0.0753. The zero-order chi connectivity index (χ0) is 25.8. The molecule has 0 amide bonds. The van der Waals surface area contributed by atoms with E-state index in [1.54, 1.807) is 43.3 Å². The third kappa shape index (κ3) is 9.58. The van der Waals surface area contributed by atoms with E-state index < -0.39 is 17.9 Å². The Morgan fingerprint density at radius 1 is 0.886 bits per heavy atom. The molecule has 0 heterocycles. The Hall–Kier alpha value is -3.72. The first-order valence-electron chi connectivity index (χ1n) is 10.9. The fraction of sp³-hybridized carbons (Fsp3) is 0.269. The average Bonchev–Trinajstić information content (AvgIpc) is 2.85. The van der Waals surface area contributed by atoms with Crippen molar-refractivity contribution in [1.29, 1.82) is 0 Å². The number of Topliss-reactive ketones (excluding diaryl/α,β-unsaturated/α-hetero) is 1. The summed E-state index contributed by atoms with van der Waals surface area (Å²) in [5.74, 6) is -1.65. The van der Waals surface area contributed by atoms with Crippen LogP contribution in [0, 0.1) is 0 Å². The molecule has 0 bridgehead atoms. The monoisotopic (exact) mass is 497 g/mol. The molecule has 2 aromatic rings. The number of nitrogens with zero attached hydrogens (tertiary/aromatic N) is 1. The predicted octanol–water partition coefficient (Wildman–Crippen LogP) is 5.15. The van der Waals surface area contributed by atoms with Crippen molar-refractivity contribution in [3.8, 4) is 5.75 Å². The topological polar surface area (TPSA) is 108 Å². The highest BCUT2D eigenvalue weighted by molar-refractivity contribution is 7.99. The Morgan fingerprint density at radius 3 is 2.03 bits per heavy atom. The molecule has 0 atom stereocenters. The number of esters is 2. The van der Waals surface area contributed by atoms with E-state index in [9.17, 15) is 19.2 Å². The second-order valence-electron chi connectivity index (χ2n) is 7.46. The molecule has 35 heavy (non-hydrogen) atoms. The van der Waals surface area contributed by atoms with Crippen molar-refractivity contribution in [2.24, 2.45) is 5.16 Å². The number of benzene rings is 2. The number of hydrogen-bond donors (Lipinski definition) is 0. The minimum atomic E-state index is -0.724. The summed E-state index contributed by atoms with van der Waals surface area (Å²) in [6.07, 6.45) is 0.406. The van der Waals surface area contributed by atoms with Crippen molar-refractivity contribution in [3.05, 3.63) is 66.2 Å². The SMILES string of the molecule is C=C(C)C(=O)Oc1ccc(Sc2ccc(C(=O)/C(C)=N/OC(=O)CCC(=O)OCCC)cc2)cc1. The van der Waals surface area contributed by atoms with Crippen LogP contribution in [0.15, 0.2) is 75.6 Å².